The third-order valence-electron chi connectivity index (χ3n) is 3.74. The Morgan fingerprint density at radius 2 is 2.14 bits per heavy atom. The number of benzene rings is 1. The van der Waals surface area contributed by atoms with Gasteiger partial charge in [-0.05, 0) is 24.6 Å². The number of aromatic nitrogens is 2. The molecule has 0 fully saturated rings. The van der Waals surface area contributed by atoms with Gasteiger partial charge in [0, 0.05) is 35.2 Å². The first-order chi connectivity index (χ1) is 10.1. The lowest BCUT2D eigenvalue weighted by molar-refractivity contribution is 0.0933. The highest BCUT2D eigenvalue weighted by Gasteiger charge is 2.22. The van der Waals surface area contributed by atoms with E-state index in [2.05, 4.69) is 36.8 Å². The van der Waals surface area contributed by atoms with Gasteiger partial charge in [-0.2, -0.15) is 5.10 Å². The number of fused-ring (bicyclic) bond motifs is 1. The summed E-state index contributed by atoms with van der Waals surface area (Å²) >= 11 is 3.41. The van der Waals surface area contributed by atoms with Crippen LogP contribution in [0.15, 0.2) is 28.7 Å². The van der Waals surface area contributed by atoms with Crippen molar-refractivity contribution >= 4 is 21.8 Å². The molecule has 1 aliphatic rings. The minimum absolute atomic E-state index is 0.0606. The molecule has 0 spiro atoms. The van der Waals surface area contributed by atoms with E-state index in [1.807, 2.05) is 31.2 Å². The lowest BCUT2D eigenvalue weighted by Gasteiger charge is -2.16. The van der Waals surface area contributed by atoms with E-state index in [0.717, 1.165) is 34.3 Å². The van der Waals surface area contributed by atoms with Crippen LogP contribution in [0.5, 0.6) is 0 Å². The number of nitrogens with one attached hydrogen (secondary N) is 3. The van der Waals surface area contributed by atoms with Gasteiger partial charge >= 0.3 is 0 Å². The lowest BCUT2D eigenvalue weighted by Crippen LogP contribution is -2.30. The Balaban J connectivity index is 1.74. The molecule has 0 saturated carbocycles. The maximum absolute atomic E-state index is 12.4. The third kappa shape index (κ3) is 3.01. The van der Waals surface area contributed by atoms with Gasteiger partial charge in [0.05, 0.1) is 6.04 Å². The fourth-order valence-corrected chi connectivity index (χ4v) is 2.78. The third-order valence-corrected chi connectivity index (χ3v) is 4.27. The Morgan fingerprint density at radius 1 is 1.38 bits per heavy atom. The zero-order valence-electron chi connectivity index (χ0n) is 11.7. The SMILES string of the molecule is CC(NC(=O)c1n[nH]c2c1CNCC2)c1ccc(Br)cc1. The first-order valence-electron chi connectivity index (χ1n) is 6.98. The first kappa shape index (κ1) is 14.3. The smallest absolute Gasteiger partial charge is 0.272 e. The number of carbonyl (C=O) groups is 1. The molecule has 0 radical (unpaired) electrons. The minimum Gasteiger partial charge on any atom is -0.344 e. The molecule has 3 rings (SSSR count). The van der Waals surface area contributed by atoms with Crippen molar-refractivity contribution in [2.45, 2.75) is 25.9 Å². The summed E-state index contributed by atoms with van der Waals surface area (Å²) in [6.45, 7) is 3.59. The standard InChI is InChI=1S/C15H17BrN4O/c1-9(10-2-4-11(16)5-3-10)18-15(21)14-12-8-17-7-6-13(12)19-20-14/h2-5,9,17H,6-8H2,1H3,(H,18,21)(H,19,20). The molecule has 5 nitrogen and oxygen atoms in total. The van der Waals surface area contributed by atoms with Gasteiger partial charge in [0.15, 0.2) is 5.69 Å². The van der Waals surface area contributed by atoms with E-state index < -0.39 is 0 Å². The normalized spacial score (nSPS) is 15.3. The molecule has 3 N–H and O–H groups in total. The molecule has 1 aliphatic heterocycles. The van der Waals surface area contributed by atoms with E-state index in [9.17, 15) is 4.79 Å². The molecule has 2 heterocycles. The van der Waals surface area contributed by atoms with Crippen LogP contribution in [0.1, 0.15) is 40.3 Å². The van der Waals surface area contributed by atoms with Gasteiger partial charge in [-0.3, -0.25) is 9.89 Å². The zero-order valence-corrected chi connectivity index (χ0v) is 13.3. The second-order valence-corrected chi connectivity index (χ2v) is 6.12. The van der Waals surface area contributed by atoms with Crippen molar-refractivity contribution in [3.63, 3.8) is 0 Å². The molecule has 1 aromatic heterocycles. The molecule has 2 aromatic rings. The molecule has 1 atom stereocenters. The van der Waals surface area contributed by atoms with E-state index in [0.29, 0.717) is 12.2 Å². The zero-order chi connectivity index (χ0) is 14.8. The number of halogens is 1. The molecule has 0 saturated heterocycles. The molecule has 110 valence electrons. The summed E-state index contributed by atoms with van der Waals surface area (Å²) in [6.07, 6.45) is 0.887. The topological polar surface area (TPSA) is 69.8 Å². The molecule has 21 heavy (non-hydrogen) atoms. The summed E-state index contributed by atoms with van der Waals surface area (Å²) < 4.78 is 1.03. The van der Waals surface area contributed by atoms with Crippen LogP contribution in [0.3, 0.4) is 0 Å². The molecule has 1 amide bonds. The predicted octanol–water partition coefficient (Wildman–Crippen LogP) is 2.31. The average Bonchev–Trinajstić information content (AvgIpc) is 2.92. The van der Waals surface area contributed by atoms with Gasteiger partial charge in [0.1, 0.15) is 0 Å². The maximum atomic E-state index is 12.4. The van der Waals surface area contributed by atoms with Gasteiger partial charge in [0.25, 0.3) is 5.91 Å². The number of hydrogen-bond donors (Lipinski definition) is 3. The largest absolute Gasteiger partial charge is 0.344 e. The predicted molar refractivity (Wildman–Crippen MR) is 84.0 cm³/mol. The van der Waals surface area contributed by atoms with Crippen LogP contribution >= 0.6 is 15.9 Å². The van der Waals surface area contributed by atoms with E-state index in [-0.39, 0.29) is 11.9 Å². The number of carbonyl (C=O) groups excluding carboxylic acids is 1. The maximum Gasteiger partial charge on any atom is 0.272 e. The number of nitrogens with zero attached hydrogens (tertiary/aromatic N) is 1. The Bertz CT molecular complexity index is 650. The summed E-state index contributed by atoms with van der Waals surface area (Å²) in [7, 11) is 0. The van der Waals surface area contributed by atoms with Gasteiger partial charge in [-0.25, -0.2) is 0 Å². The molecule has 0 bridgehead atoms. The summed E-state index contributed by atoms with van der Waals surface area (Å²) in [5.74, 6) is -0.133. The van der Waals surface area contributed by atoms with Crippen molar-refractivity contribution in [3.8, 4) is 0 Å². The molecular formula is C15H17BrN4O. The van der Waals surface area contributed by atoms with Gasteiger partial charge < -0.3 is 10.6 Å². The van der Waals surface area contributed by atoms with Crippen molar-refractivity contribution in [2.75, 3.05) is 6.54 Å². The van der Waals surface area contributed by atoms with Crippen molar-refractivity contribution in [1.82, 2.24) is 20.8 Å². The number of rotatable bonds is 3. The summed E-state index contributed by atoms with van der Waals surface area (Å²) in [4.78, 5) is 12.4. The van der Waals surface area contributed by atoms with Crippen LogP contribution in [0.25, 0.3) is 0 Å². The average molecular weight is 349 g/mol. The summed E-state index contributed by atoms with van der Waals surface area (Å²) in [5, 5.41) is 13.4. The van der Waals surface area contributed by atoms with Crippen LogP contribution in [0.2, 0.25) is 0 Å². The fraction of sp³-hybridized carbons (Fsp3) is 0.333. The lowest BCUT2D eigenvalue weighted by atomic mass is 10.1. The van der Waals surface area contributed by atoms with E-state index in [4.69, 9.17) is 0 Å². The Morgan fingerprint density at radius 3 is 2.90 bits per heavy atom. The van der Waals surface area contributed by atoms with E-state index >= 15 is 0 Å². The van der Waals surface area contributed by atoms with Gasteiger partial charge in [-0.15, -0.1) is 0 Å². The Kier molecular flexibility index (Phi) is 4.07. The Hall–Kier alpha value is -1.66. The molecule has 0 aliphatic carbocycles. The monoisotopic (exact) mass is 348 g/mol. The number of hydrogen-bond acceptors (Lipinski definition) is 3. The highest BCUT2D eigenvalue weighted by atomic mass is 79.9. The van der Waals surface area contributed by atoms with E-state index in [1.165, 1.54) is 0 Å². The summed E-state index contributed by atoms with van der Waals surface area (Å²) in [6, 6.07) is 7.87. The molecule has 1 aromatic carbocycles. The first-order valence-corrected chi connectivity index (χ1v) is 7.77. The highest BCUT2D eigenvalue weighted by Crippen LogP contribution is 2.19. The second kappa shape index (κ2) is 5.99. The van der Waals surface area contributed by atoms with Crippen LogP contribution in [0, 0.1) is 0 Å². The summed E-state index contributed by atoms with van der Waals surface area (Å²) in [5.41, 5.74) is 3.62. The van der Waals surface area contributed by atoms with E-state index in [1.54, 1.807) is 0 Å². The number of H-pyrrole nitrogens is 1. The van der Waals surface area contributed by atoms with Crippen molar-refractivity contribution in [3.05, 3.63) is 51.3 Å². The second-order valence-electron chi connectivity index (χ2n) is 5.20. The number of amides is 1. The Labute approximate surface area is 131 Å². The molecular weight excluding hydrogens is 332 g/mol. The van der Waals surface area contributed by atoms with Crippen LogP contribution < -0.4 is 10.6 Å². The van der Waals surface area contributed by atoms with Crippen molar-refractivity contribution < 1.29 is 4.79 Å². The van der Waals surface area contributed by atoms with Crippen molar-refractivity contribution in [1.29, 1.82) is 0 Å². The van der Waals surface area contributed by atoms with Gasteiger partial charge in [-0.1, -0.05) is 28.1 Å². The van der Waals surface area contributed by atoms with Crippen LogP contribution in [-0.2, 0) is 13.0 Å². The number of aromatic amines is 1. The minimum atomic E-state index is -0.133. The highest BCUT2D eigenvalue weighted by molar-refractivity contribution is 9.10. The molecule has 1 unspecified atom stereocenters. The van der Waals surface area contributed by atoms with Gasteiger partial charge in [0.2, 0.25) is 0 Å². The quantitative estimate of drug-likeness (QED) is 0.797. The van der Waals surface area contributed by atoms with Crippen LogP contribution in [-0.4, -0.2) is 22.6 Å². The van der Waals surface area contributed by atoms with Crippen LogP contribution in [0.4, 0.5) is 0 Å². The molecule has 6 heteroatoms. The van der Waals surface area contributed by atoms with Crippen molar-refractivity contribution in [2.24, 2.45) is 0 Å². The fourth-order valence-electron chi connectivity index (χ4n) is 2.51.